The number of fused-ring (bicyclic) bond motifs is 1. The summed E-state index contributed by atoms with van der Waals surface area (Å²) in [7, 11) is 0. The lowest BCUT2D eigenvalue weighted by atomic mass is 10.1. The number of benzene rings is 1. The summed E-state index contributed by atoms with van der Waals surface area (Å²) in [6.07, 6.45) is 3.31. The zero-order valence-corrected chi connectivity index (χ0v) is 11.5. The summed E-state index contributed by atoms with van der Waals surface area (Å²) in [5, 5.41) is 3.25. The Hall–Kier alpha value is -1.03. The number of nitrogens with zero attached hydrogens (tertiary/aromatic N) is 1. The molecular weight excluding hydrogens is 280 g/mol. The smallest absolute Gasteiger partial charge is 0.144 e. The fourth-order valence-electron chi connectivity index (χ4n) is 2.11. The first-order valence-corrected chi connectivity index (χ1v) is 6.80. The highest BCUT2D eigenvalue weighted by atomic mass is 79.9. The normalized spacial score (nSPS) is 18.5. The molecule has 1 unspecified atom stereocenters. The monoisotopic (exact) mass is 296 g/mol. The third-order valence-electron chi connectivity index (χ3n) is 3.00. The largest absolute Gasteiger partial charge is 0.372 e. The zero-order valence-electron chi connectivity index (χ0n) is 9.95. The van der Waals surface area contributed by atoms with Crippen LogP contribution in [-0.2, 0) is 4.79 Å². The van der Waals surface area contributed by atoms with Crippen molar-refractivity contribution in [3.8, 4) is 0 Å². The molecule has 0 bridgehead atoms. The van der Waals surface area contributed by atoms with Gasteiger partial charge in [0.15, 0.2) is 0 Å². The van der Waals surface area contributed by atoms with E-state index in [9.17, 15) is 4.79 Å². The Bertz CT molecular complexity index is 408. The predicted octanol–water partition coefficient (Wildman–Crippen LogP) is 3.05. The van der Waals surface area contributed by atoms with Gasteiger partial charge in [-0.1, -0.05) is 29.3 Å². The molecule has 1 atom stereocenters. The van der Waals surface area contributed by atoms with E-state index in [0.717, 1.165) is 36.0 Å². The van der Waals surface area contributed by atoms with Crippen LogP contribution in [0.2, 0.25) is 0 Å². The van der Waals surface area contributed by atoms with Crippen molar-refractivity contribution in [1.82, 2.24) is 0 Å². The molecule has 1 aromatic rings. The van der Waals surface area contributed by atoms with Crippen molar-refractivity contribution in [3.63, 3.8) is 0 Å². The van der Waals surface area contributed by atoms with Gasteiger partial charge in [-0.05, 0) is 24.6 Å². The van der Waals surface area contributed by atoms with Gasteiger partial charge in [0.25, 0.3) is 0 Å². The predicted molar refractivity (Wildman–Crippen MR) is 74.7 cm³/mol. The van der Waals surface area contributed by atoms with E-state index in [2.05, 4.69) is 39.1 Å². The van der Waals surface area contributed by atoms with E-state index >= 15 is 0 Å². The Kier molecular flexibility index (Phi) is 4.05. The zero-order chi connectivity index (χ0) is 12.3. The second kappa shape index (κ2) is 5.54. The summed E-state index contributed by atoms with van der Waals surface area (Å²) in [6.45, 7) is 3.94. The first-order valence-electron chi connectivity index (χ1n) is 6.01. The minimum atomic E-state index is -0.0967. The third-order valence-corrected chi connectivity index (χ3v) is 3.50. The SMILES string of the molecule is CCCCN1CC(C=O)Nc2ccc(Br)cc21. The fraction of sp³-hybridized carbons (Fsp3) is 0.462. The van der Waals surface area contributed by atoms with Crippen molar-refractivity contribution >= 4 is 33.6 Å². The Morgan fingerprint density at radius 1 is 1.59 bits per heavy atom. The maximum Gasteiger partial charge on any atom is 0.144 e. The van der Waals surface area contributed by atoms with Crippen molar-refractivity contribution < 1.29 is 4.79 Å². The molecule has 0 saturated heterocycles. The molecule has 1 aliphatic heterocycles. The van der Waals surface area contributed by atoms with Gasteiger partial charge in [-0.15, -0.1) is 0 Å². The Balaban J connectivity index is 2.26. The van der Waals surface area contributed by atoms with Crippen LogP contribution in [0.5, 0.6) is 0 Å². The molecule has 1 heterocycles. The molecule has 1 aliphatic rings. The van der Waals surface area contributed by atoms with E-state index in [1.54, 1.807) is 0 Å². The molecule has 92 valence electrons. The third kappa shape index (κ3) is 2.80. The fourth-order valence-corrected chi connectivity index (χ4v) is 2.46. The van der Waals surface area contributed by atoms with Crippen molar-refractivity contribution in [2.75, 3.05) is 23.3 Å². The van der Waals surface area contributed by atoms with Gasteiger partial charge >= 0.3 is 0 Å². The molecule has 0 saturated carbocycles. The van der Waals surface area contributed by atoms with Gasteiger partial charge in [0, 0.05) is 17.6 Å². The van der Waals surface area contributed by atoms with Gasteiger partial charge in [0.2, 0.25) is 0 Å². The highest BCUT2D eigenvalue weighted by Gasteiger charge is 2.22. The molecule has 0 radical (unpaired) electrons. The molecule has 0 aliphatic carbocycles. The van der Waals surface area contributed by atoms with Crippen LogP contribution >= 0.6 is 15.9 Å². The molecule has 2 rings (SSSR count). The Morgan fingerprint density at radius 2 is 2.41 bits per heavy atom. The van der Waals surface area contributed by atoms with E-state index in [0.29, 0.717) is 0 Å². The van der Waals surface area contributed by atoms with Crippen LogP contribution < -0.4 is 10.2 Å². The lowest BCUT2D eigenvalue weighted by Gasteiger charge is -2.35. The van der Waals surface area contributed by atoms with Crippen molar-refractivity contribution in [1.29, 1.82) is 0 Å². The minimum absolute atomic E-state index is 0.0967. The number of anilines is 2. The molecule has 0 spiro atoms. The van der Waals surface area contributed by atoms with Gasteiger partial charge in [-0.2, -0.15) is 0 Å². The van der Waals surface area contributed by atoms with E-state index in [-0.39, 0.29) is 6.04 Å². The maximum absolute atomic E-state index is 11.0. The average Bonchev–Trinajstić information content (AvgIpc) is 2.35. The Morgan fingerprint density at radius 3 is 3.12 bits per heavy atom. The average molecular weight is 297 g/mol. The number of carbonyl (C=O) groups excluding carboxylic acids is 1. The molecule has 1 N–H and O–H groups in total. The standard InChI is InChI=1S/C13H17BrN2O/c1-2-3-6-16-8-11(9-17)15-12-5-4-10(14)7-13(12)16/h4-5,7,9,11,15H,2-3,6,8H2,1H3. The highest BCUT2D eigenvalue weighted by molar-refractivity contribution is 9.10. The van der Waals surface area contributed by atoms with E-state index in [1.165, 1.54) is 12.1 Å². The number of aldehydes is 1. The second-order valence-corrected chi connectivity index (χ2v) is 5.26. The van der Waals surface area contributed by atoms with Gasteiger partial charge in [0.1, 0.15) is 6.29 Å². The summed E-state index contributed by atoms with van der Waals surface area (Å²) in [4.78, 5) is 13.2. The van der Waals surface area contributed by atoms with Crippen LogP contribution in [-0.4, -0.2) is 25.4 Å². The van der Waals surface area contributed by atoms with Gasteiger partial charge in [0.05, 0.1) is 17.4 Å². The molecule has 17 heavy (non-hydrogen) atoms. The van der Waals surface area contributed by atoms with Gasteiger partial charge in [-0.3, -0.25) is 0 Å². The quantitative estimate of drug-likeness (QED) is 0.867. The van der Waals surface area contributed by atoms with Crippen LogP contribution in [0, 0.1) is 0 Å². The van der Waals surface area contributed by atoms with Crippen molar-refractivity contribution in [2.24, 2.45) is 0 Å². The summed E-state index contributed by atoms with van der Waals surface area (Å²) in [5.74, 6) is 0. The maximum atomic E-state index is 11.0. The first-order chi connectivity index (χ1) is 8.24. The van der Waals surface area contributed by atoms with E-state index < -0.39 is 0 Å². The van der Waals surface area contributed by atoms with Gasteiger partial charge < -0.3 is 15.0 Å². The summed E-state index contributed by atoms with van der Waals surface area (Å²) in [5.41, 5.74) is 2.23. The summed E-state index contributed by atoms with van der Waals surface area (Å²) >= 11 is 3.49. The molecule has 3 nitrogen and oxygen atoms in total. The number of hydrogen-bond donors (Lipinski definition) is 1. The topological polar surface area (TPSA) is 32.3 Å². The van der Waals surface area contributed by atoms with Crippen LogP contribution in [0.15, 0.2) is 22.7 Å². The van der Waals surface area contributed by atoms with Crippen LogP contribution in [0.4, 0.5) is 11.4 Å². The summed E-state index contributed by atoms with van der Waals surface area (Å²) < 4.78 is 1.07. The summed E-state index contributed by atoms with van der Waals surface area (Å²) in [6, 6.07) is 6.03. The molecule has 4 heteroatoms. The number of carbonyl (C=O) groups is 1. The van der Waals surface area contributed by atoms with Crippen LogP contribution in [0.25, 0.3) is 0 Å². The van der Waals surface area contributed by atoms with Crippen LogP contribution in [0.1, 0.15) is 19.8 Å². The molecular formula is C13H17BrN2O. The van der Waals surface area contributed by atoms with Crippen molar-refractivity contribution in [3.05, 3.63) is 22.7 Å². The van der Waals surface area contributed by atoms with E-state index in [4.69, 9.17) is 0 Å². The lowest BCUT2D eigenvalue weighted by Crippen LogP contribution is -2.42. The lowest BCUT2D eigenvalue weighted by molar-refractivity contribution is -0.108. The van der Waals surface area contributed by atoms with Gasteiger partial charge in [-0.25, -0.2) is 0 Å². The number of hydrogen-bond acceptors (Lipinski definition) is 3. The number of nitrogens with one attached hydrogen (secondary N) is 1. The number of unbranched alkanes of at least 4 members (excludes halogenated alkanes) is 1. The van der Waals surface area contributed by atoms with E-state index in [1.807, 2.05) is 12.1 Å². The minimum Gasteiger partial charge on any atom is -0.372 e. The number of rotatable bonds is 4. The Labute approximate surface area is 110 Å². The molecule has 0 fully saturated rings. The first kappa shape index (κ1) is 12.4. The number of halogens is 1. The highest BCUT2D eigenvalue weighted by Crippen LogP contribution is 2.33. The van der Waals surface area contributed by atoms with Crippen molar-refractivity contribution in [2.45, 2.75) is 25.8 Å². The molecule has 0 amide bonds. The molecule has 0 aromatic heterocycles. The van der Waals surface area contributed by atoms with Crippen LogP contribution in [0.3, 0.4) is 0 Å². The second-order valence-electron chi connectivity index (χ2n) is 4.35. The molecule has 1 aromatic carbocycles.